The van der Waals surface area contributed by atoms with Crippen LogP contribution < -0.4 is 0 Å². The molecule has 0 amide bonds. The molecule has 0 heterocycles. The summed E-state index contributed by atoms with van der Waals surface area (Å²) in [6, 6.07) is 18.9. The lowest BCUT2D eigenvalue weighted by molar-refractivity contribution is 0.411. The van der Waals surface area contributed by atoms with Gasteiger partial charge in [0.15, 0.2) is 0 Å². The highest BCUT2D eigenvalue weighted by Crippen LogP contribution is 2.17. The second-order valence-electron chi connectivity index (χ2n) is 5.71. The van der Waals surface area contributed by atoms with Gasteiger partial charge in [-0.05, 0) is 37.5 Å². The lowest BCUT2D eigenvalue weighted by Gasteiger charge is -2.21. The average Bonchev–Trinajstić information content (AvgIpc) is 2.59. The van der Waals surface area contributed by atoms with Gasteiger partial charge in [0.25, 0.3) is 0 Å². The van der Waals surface area contributed by atoms with Crippen LogP contribution in [0.4, 0.5) is 0 Å². The van der Waals surface area contributed by atoms with E-state index < -0.39 is 10.0 Å². The van der Waals surface area contributed by atoms with E-state index in [9.17, 15) is 8.42 Å². The van der Waals surface area contributed by atoms with Gasteiger partial charge in [0.1, 0.15) is 0 Å². The molecule has 0 aliphatic rings. The Morgan fingerprint density at radius 3 is 2.29 bits per heavy atom. The van der Waals surface area contributed by atoms with Crippen LogP contribution in [0.1, 0.15) is 24.0 Å². The van der Waals surface area contributed by atoms with Crippen LogP contribution >= 0.6 is 0 Å². The Morgan fingerprint density at radius 2 is 1.67 bits per heavy atom. The molecule has 0 unspecified atom stereocenters. The molecular formula is C19H22N2O2S. The molecule has 4 nitrogen and oxygen atoms in total. The van der Waals surface area contributed by atoms with Crippen molar-refractivity contribution in [3.8, 4) is 6.07 Å². The maximum absolute atomic E-state index is 12.8. The Labute approximate surface area is 144 Å². The van der Waals surface area contributed by atoms with Crippen molar-refractivity contribution in [2.75, 3.05) is 13.1 Å². The first-order chi connectivity index (χ1) is 11.5. The van der Waals surface area contributed by atoms with Gasteiger partial charge >= 0.3 is 0 Å². The van der Waals surface area contributed by atoms with E-state index in [2.05, 4.69) is 0 Å². The van der Waals surface area contributed by atoms with Crippen LogP contribution in [0.15, 0.2) is 59.5 Å². The van der Waals surface area contributed by atoms with E-state index in [0.29, 0.717) is 6.54 Å². The molecule has 5 heteroatoms. The minimum atomic E-state index is -3.56. The van der Waals surface area contributed by atoms with Crippen molar-refractivity contribution in [1.82, 2.24) is 4.31 Å². The van der Waals surface area contributed by atoms with E-state index in [0.717, 1.165) is 18.4 Å². The summed E-state index contributed by atoms with van der Waals surface area (Å²) in [5, 5.41) is 8.82. The molecule has 126 valence electrons. The molecule has 0 bridgehead atoms. The van der Waals surface area contributed by atoms with Crippen LogP contribution in [0.5, 0.6) is 0 Å². The van der Waals surface area contributed by atoms with E-state index in [1.807, 2.05) is 43.3 Å². The summed E-state index contributed by atoms with van der Waals surface area (Å²) < 4.78 is 27.0. The molecule has 2 aromatic rings. The molecule has 2 aromatic carbocycles. The highest BCUT2D eigenvalue weighted by atomic mass is 32.2. The van der Waals surface area contributed by atoms with Gasteiger partial charge in [0, 0.05) is 19.5 Å². The lowest BCUT2D eigenvalue weighted by Crippen LogP contribution is -2.33. The lowest BCUT2D eigenvalue weighted by atomic mass is 10.1. The van der Waals surface area contributed by atoms with Gasteiger partial charge < -0.3 is 0 Å². The van der Waals surface area contributed by atoms with Crippen molar-refractivity contribution in [3.63, 3.8) is 0 Å². The van der Waals surface area contributed by atoms with Gasteiger partial charge in [-0.15, -0.1) is 0 Å². The largest absolute Gasteiger partial charge is 0.243 e. The van der Waals surface area contributed by atoms with Gasteiger partial charge in [-0.3, -0.25) is 0 Å². The molecule has 0 fully saturated rings. The maximum Gasteiger partial charge on any atom is 0.243 e. The van der Waals surface area contributed by atoms with Gasteiger partial charge in [0.2, 0.25) is 10.0 Å². The number of hydrogen-bond acceptors (Lipinski definition) is 3. The number of benzene rings is 2. The van der Waals surface area contributed by atoms with Crippen molar-refractivity contribution in [2.45, 2.75) is 31.1 Å². The summed E-state index contributed by atoms with van der Waals surface area (Å²) in [6.07, 6.45) is 1.73. The average molecular weight is 342 g/mol. The standard InChI is InChI=1S/C19H22N2O2S/c1-17-10-12-19(13-11-17)24(22,23)21(16-6-14-20)15-5-9-18-7-3-2-4-8-18/h2-4,7-8,10-13H,5-6,9,15-16H2,1H3. The van der Waals surface area contributed by atoms with Gasteiger partial charge in [-0.2, -0.15) is 9.57 Å². The number of aryl methyl sites for hydroxylation is 2. The summed E-state index contributed by atoms with van der Waals surface area (Å²) in [7, 11) is -3.56. The van der Waals surface area contributed by atoms with Gasteiger partial charge in [-0.25, -0.2) is 8.42 Å². The number of sulfonamides is 1. The zero-order valence-corrected chi connectivity index (χ0v) is 14.7. The molecule has 0 radical (unpaired) electrons. The van der Waals surface area contributed by atoms with Crippen LogP contribution in [0, 0.1) is 18.3 Å². The topological polar surface area (TPSA) is 61.2 Å². The molecule has 0 aliphatic carbocycles. The summed E-state index contributed by atoms with van der Waals surface area (Å²) in [4.78, 5) is 0.283. The van der Waals surface area contributed by atoms with Crippen LogP contribution in [0.3, 0.4) is 0 Å². The third-order valence-corrected chi connectivity index (χ3v) is 5.76. The molecule has 0 saturated heterocycles. The molecular weight excluding hydrogens is 320 g/mol. The minimum Gasteiger partial charge on any atom is -0.207 e. The third-order valence-electron chi connectivity index (χ3n) is 3.85. The predicted molar refractivity (Wildman–Crippen MR) is 94.9 cm³/mol. The van der Waals surface area contributed by atoms with E-state index in [1.54, 1.807) is 24.3 Å². The predicted octanol–water partition coefficient (Wildman–Crippen LogP) is 3.53. The first-order valence-electron chi connectivity index (χ1n) is 8.02. The number of nitrogens with zero attached hydrogens (tertiary/aromatic N) is 2. The second kappa shape index (κ2) is 8.62. The summed E-state index contributed by atoms with van der Waals surface area (Å²) in [5.74, 6) is 0. The zero-order chi connectivity index (χ0) is 17.4. The fourth-order valence-corrected chi connectivity index (χ4v) is 3.97. The smallest absolute Gasteiger partial charge is 0.207 e. The fourth-order valence-electron chi connectivity index (χ4n) is 2.49. The van der Waals surface area contributed by atoms with Crippen molar-refractivity contribution in [1.29, 1.82) is 5.26 Å². The van der Waals surface area contributed by atoms with E-state index in [1.165, 1.54) is 9.87 Å². The third kappa shape index (κ3) is 4.92. The van der Waals surface area contributed by atoms with Crippen LogP contribution in [0.2, 0.25) is 0 Å². The monoisotopic (exact) mass is 342 g/mol. The van der Waals surface area contributed by atoms with Crippen LogP contribution in [-0.4, -0.2) is 25.8 Å². The van der Waals surface area contributed by atoms with Gasteiger partial charge in [0.05, 0.1) is 11.0 Å². The Bertz CT molecular complexity index is 778. The van der Waals surface area contributed by atoms with E-state index in [-0.39, 0.29) is 17.9 Å². The Kier molecular flexibility index (Phi) is 6.53. The van der Waals surface area contributed by atoms with E-state index in [4.69, 9.17) is 5.26 Å². The molecule has 0 spiro atoms. The quantitative estimate of drug-likeness (QED) is 0.737. The summed E-state index contributed by atoms with van der Waals surface area (Å²) >= 11 is 0. The first-order valence-corrected chi connectivity index (χ1v) is 9.46. The van der Waals surface area contributed by atoms with Gasteiger partial charge in [-0.1, -0.05) is 48.0 Å². The van der Waals surface area contributed by atoms with Crippen molar-refractivity contribution in [2.24, 2.45) is 0 Å². The summed E-state index contributed by atoms with van der Waals surface area (Å²) in [6.45, 7) is 2.55. The SMILES string of the molecule is Cc1ccc(S(=O)(=O)N(CCC#N)CCCc2ccccc2)cc1. The Morgan fingerprint density at radius 1 is 1.00 bits per heavy atom. The molecule has 0 aromatic heterocycles. The molecule has 24 heavy (non-hydrogen) atoms. The highest BCUT2D eigenvalue weighted by Gasteiger charge is 2.23. The Balaban J connectivity index is 2.09. The maximum atomic E-state index is 12.8. The van der Waals surface area contributed by atoms with Crippen molar-refractivity contribution < 1.29 is 8.42 Å². The fraction of sp³-hybridized carbons (Fsp3) is 0.316. The van der Waals surface area contributed by atoms with Crippen molar-refractivity contribution >= 4 is 10.0 Å². The molecule has 0 atom stereocenters. The molecule has 2 rings (SSSR count). The number of nitriles is 1. The minimum absolute atomic E-state index is 0.191. The molecule has 0 aliphatic heterocycles. The van der Waals surface area contributed by atoms with Crippen LogP contribution in [-0.2, 0) is 16.4 Å². The first kappa shape index (κ1) is 18.2. The number of hydrogen-bond donors (Lipinski definition) is 0. The second-order valence-corrected chi connectivity index (χ2v) is 7.65. The molecule has 0 N–H and O–H groups in total. The summed E-state index contributed by atoms with van der Waals surface area (Å²) in [5.41, 5.74) is 2.20. The van der Waals surface area contributed by atoms with E-state index >= 15 is 0 Å². The normalized spacial score (nSPS) is 11.4. The van der Waals surface area contributed by atoms with Crippen LogP contribution in [0.25, 0.3) is 0 Å². The highest BCUT2D eigenvalue weighted by molar-refractivity contribution is 7.89. The zero-order valence-electron chi connectivity index (χ0n) is 13.9. The van der Waals surface area contributed by atoms with Crippen molar-refractivity contribution in [3.05, 3.63) is 65.7 Å². The molecule has 0 saturated carbocycles. The number of rotatable bonds is 8. The Hall–Kier alpha value is -2.16.